The zero-order valence-corrected chi connectivity index (χ0v) is 10.8. The summed E-state index contributed by atoms with van der Waals surface area (Å²) in [4.78, 5) is 15.8. The van der Waals surface area contributed by atoms with Crippen molar-refractivity contribution in [2.45, 2.75) is 32.1 Å². The third-order valence-electron chi connectivity index (χ3n) is 3.53. The molecule has 1 aliphatic rings. The van der Waals surface area contributed by atoms with E-state index in [0.717, 1.165) is 18.9 Å². The Morgan fingerprint density at radius 3 is 3.00 bits per heavy atom. The van der Waals surface area contributed by atoms with E-state index in [9.17, 15) is 4.79 Å². The van der Waals surface area contributed by atoms with Crippen molar-refractivity contribution in [3.05, 3.63) is 23.9 Å². The summed E-state index contributed by atoms with van der Waals surface area (Å²) in [6, 6.07) is 3.48. The second-order valence-corrected chi connectivity index (χ2v) is 4.76. The van der Waals surface area contributed by atoms with E-state index in [1.54, 1.807) is 18.3 Å². The van der Waals surface area contributed by atoms with Crippen molar-refractivity contribution in [2.75, 3.05) is 19.0 Å². The molecule has 0 unspecified atom stereocenters. The van der Waals surface area contributed by atoms with Gasteiger partial charge in [0.05, 0.1) is 7.11 Å². The molecular formula is C14H20N2O2. The first-order valence-electron chi connectivity index (χ1n) is 6.58. The quantitative estimate of drug-likeness (QED) is 0.814. The van der Waals surface area contributed by atoms with Crippen LogP contribution in [0.3, 0.4) is 0 Å². The lowest BCUT2D eigenvalue weighted by atomic mass is 10.0. The average Bonchev–Trinajstić information content (AvgIpc) is 2.92. The van der Waals surface area contributed by atoms with E-state index in [-0.39, 0.29) is 5.97 Å². The van der Waals surface area contributed by atoms with E-state index in [0.29, 0.717) is 11.4 Å². The van der Waals surface area contributed by atoms with Gasteiger partial charge in [-0.2, -0.15) is 0 Å². The zero-order valence-electron chi connectivity index (χ0n) is 10.8. The molecule has 2 rings (SSSR count). The Bertz CT molecular complexity index is 401. The van der Waals surface area contributed by atoms with E-state index in [1.807, 2.05) is 0 Å². The molecule has 0 spiro atoms. The number of hydrogen-bond donors (Lipinski definition) is 1. The Labute approximate surface area is 108 Å². The van der Waals surface area contributed by atoms with Crippen molar-refractivity contribution < 1.29 is 9.53 Å². The van der Waals surface area contributed by atoms with Crippen LogP contribution in [-0.4, -0.2) is 24.6 Å². The molecule has 0 saturated heterocycles. The fraction of sp³-hybridized carbons (Fsp3) is 0.571. The Balaban J connectivity index is 1.89. The largest absolute Gasteiger partial charge is 0.465 e. The van der Waals surface area contributed by atoms with E-state index in [1.165, 1.54) is 32.8 Å². The lowest BCUT2D eigenvalue weighted by Crippen LogP contribution is -2.12. The summed E-state index contributed by atoms with van der Waals surface area (Å²) >= 11 is 0. The summed E-state index contributed by atoms with van der Waals surface area (Å²) in [5.74, 6) is 1.12. The first kappa shape index (κ1) is 12.9. The van der Waals surface area contributed by atoms with Gasteiger partial charge < -0.3 is 10.1 Å². The van der Waals surface area contributed by atoms with Crippen LogP contribution in [0.15, 0.2) is 18.3 Å². The zero-order chi connectivity index (χ0) is 12.8. The highest BCUT2D eigenvalue weighted by atomic mass is 16.5. The molecule has 0 bridgehead atoms. The summed E-state index contributed by atoms with van der Waals surface area (Å²) in [6.07, 6.45) is 8.24. The van der Waals surface area contributed by atoms with E-state index >= 15 is 0 Å². The fourth-order valence-electron chi connectivity index (χ4n) is 2.51. The Morgan fingerprint density at radius 2 is 2.28 bits per heavy atom. The number of hydrogen-bond acceptors (Lipinski definition) is 4. The standard InChI is InChI=1S/C14H20N2O2/c1-18-14(17)12-7-4-9-15-13(12)16-10-8-11-5-2-3-6-11/h4,7,9,11H,2-3,5-6,8,10H2,1H3,(H,15,16). The highest BCUT2D eigenvalue weighted by molar-refractivity contribution is 5.94. The average molecular weight is 248 g/mol. The second kappa shape index (κ2) is 6.38. The summed E-state index contributed by atoms with van der Waals surface area (Å²) in [5.41, 5.74) is 0.506. The van der Waals surface area contributed by atoms with E-state index < -0.39 is 0 Å². The maximum absolute atomic E-state index is 11.6. The number of methoxy groups -OCH3 is 1. The molecule has 0 amide bonds. The summed E-state index contributed by atoms with van der Waals surface area (Å²) in [6.45, 7) is 0.867. The molecule has 0 atom stereocenters. The van der Waals surface area contributed by atoms with Gasteiger partial charge in [0.25, 0.3) is 0 Å². The van der Waals surface area contributed by atoms with Crippen LogP contribution in [-0.2, 0) is 4.74 Å². The smallest absolute Gasteiger partial charge is 0.341 e. The number of esters is 1. The molecule has 4 nitrogen and oxygen atoms in total. The van der Waals surface area contributed by atoms with Gasteiger partial charge in [-0.3, -0.25) is 0 Å². The van der Waals surface area contributed by atoms with Crippen LogP contribution in [0.5, 0.6) is 0 Å². The molecule has 1 N–H and O–H groups in total. The van der Waals surface area contributed by atoms with Crippen molar-refractivity contribution in [3.8, 4) is 0 Å². The molecule has 0 aromatic carbocycles. The van der Waals surface area contributed by atoms with E-state index in [4.69, 9.17) is 4.74 Å². The third kappa shape index (κ3) is 3.22. The molecule has 0 radical (unpaired) electrons. The molecule has 1 aliphatic carbocycles. The SMILES string of the molecule is COC(=O)c1cccnc1NCCC1CCCC1. The summed E-state index contributed by atoms with van der Waals surface area (Å²) < 4.78 is 4.74. The van der Waals surface area contributed by atoms with Gasteiger partial charge in [0, 0.05) is 12.7 Å². The molecule has 1 aromatic rings. The molecule has 18 heavy (non-hydrogen) atoms. The number of carbonyl (C=O) groups excluding carboxylic acids is 1. The number of aromatic nitrogens is 1. The van der Waals surface area contributed by atoms with Gasteiger partial charge in [-0.25, -0.2) is 9.78 Å². The molecule has 1 heterocycles. The molecule has 0 aliphatic heterocycles. The molecular weight excluding hydrogens is 228 g/mol. The Morgan fingerprint density at radius 1 is 1.50 bits per heavy atom. The number of nitrogens with one attached hydrogen (secondary N) is 1. The summed E-state index contributed by atoms with van der Waals surface area (Å²) in [5, 5.41) is 3.24. The van der Waals surface area contributed by atoms with Crippen LogP contribution in [0.4, 0.5) is 5.82 Å². The van der Waals surface area contributed by atoms with Crippen LogP contribution in [0.1, 0.15) is 42.5 Å². The lowest BCUT2D eigenvalue weighted by molar-refractivity contribution is 0.0601. The normalized spacial score (nSPS) is 15.6. The third-order valence-corrected chi connectivity index (χ3v) is 3.53. The number of pyridine rings is 1. The van der Waals surface area contributed by atoms with Crippen LogP contribution >= 0.6 is 0 Å². The Kier molecular flexibility index (Phi) is 4.56. The van der Waals surface area contributed by atoms with Crippen LogP contribution in [0.2, 0.25) is 0 Å². The minimum atomic E-state index is -0.341. The number of nitrogens with zero attached hydrogens (tertiary/aromatic N) is 1. The van der Waals surface area contributed by atoms with Crippen molar-refractivity contribution in [1.29, 1.82) is 0 Å². The topological polar surface area (TPSA) is 51.2 Å². The molecule has 4 heteroatoms. The van der Waals surface area contributed by atoms with Gasteiger partial charge in [0.1, 0.15) is 11.4 Å². The highest BCUT2D eigenvalue weighted by Crippen LogP contribution is 2.27. The van der Waals surface area contributed by atoms with Gasteiger partial charge >= 0.3 is 5.97 Å². The maximum Gasteiger partial charge on any atom is 0.341 e. The highest BCUT2D eigenvalue weighted by Gasteiger charge is 2.15. The van der Waals surface area contributed by atoms with Crippen molar-refractivity contribution in [2.24, 2.45) is 5.92 Å². The first-order valence-corrected chi connectivity index (χ1v) is 6.58. The molecule has 98 valence electrons. The van der Waals surface area contributed by atoms with Gasteiger partial charge in [0.2, 0.25) is 0 Å². The van der Waals surface area contributed by atoms with Crippen molar-refractivity contribution in [3.63, 3.8) is 0 Å². The minimum absolute atomic E-state index is 0.341. The predicted octanol–water partition coefficient (Wildman–Crippen LogP) is 2.86. The van der Waals surface area contributed by atoms with Crippen molar-refractivity contribution in [1.82, 2.24) is 4.98 Å². The first-order chi connectivity index (χ1) is 8.81. The van der Waals surface area contributed by atoms with E-state index in [2.05, 4.69) is 10.3 Å². The van der Waals surface area contributed by atoms with Crippen LogP contribution in [0.25, 0.3) is 0 Å². The molecule has 1 saturated carbocycles. The Hall–Kier alpha value is -1.58. The van der Waals surface area contributed by atoms with Gasteiger partial charge in [-0.05, 0) is 24.5 Å². The lowest BCUT2D eigenvalue weighted by Gasteiger charge is -2.12. The van der Waals surface area contributed by atoms with Gasteiger partial charge in [0.15, 0.2) is 0 Å². The second-order valence-electron chi connectivity index (χ2n) is 4.76. The number of carbonyl (C=O) groups is 1. The maximum atomic E-state index is 11.6. The molecule has 1 aromatic heterocycles. The minimum Gasteiger partial charge on any atom is -0.465 e. The fourth-order valence-corrected chi connectivity index (χ4v) is 2.51. The number of rotatable bonds is 5. The monoisotopic (exact) mass is 248 g/mol. The van der Waals surface area contributed by atoms with Crippen LogP contribution < -0.4 is 5.32 Å². The number of anilines is 1. The van der Waals surface area contributed by atoms with Crippen molar-refractivity contribution >= 4 is 11.8 Å². The predicted molar refractivity (Wildman–Crippen MR) is 70.6 cm³/mol. The van der Waals surface area contributed by atoms with Gasteiger partial charge in [-0.1, -0.05) is 25.7 Å². The van der Waals surface area contributed by atoms with Gasteiger partial charge in [-0.15, -0.1) is 0 Å². The molecule has 1 fully saturated rings. The van der Waals surface area contributed by atoms with Crippen LogP contribution in [0, 0.1) is 5.92 Å². The number of ether oxygens (including phenoxy) is 1. The summed E-state index contributed by atoms with van der Waals surface area (Å²) in [7, 11) is 1.39.